The molecule has 0 N–H and O–H groups in total. The Labute approximate surface area is 190 Å². The summed E-state index contributed by atoms with van der Waals surface area (Å²) < 4.78 is 5.63. The minimum Gasteiger partial charge on any atom is -0.373 e. The van der Waals surface area contributed by atoms with Crippen LogP contribution in [0.25, 0.3) is 11.1 Å². The molecule has 0 bridgehead atoms. The molecule has 0 aromatic heterocycles. The lowest BCUT2D eigenvalue weighted by Gasteiger charge is -2.26. The van der Waals surface area contributed by atoms with Crippen LogP contribution >= 0.6 is 0 Å². The van der Waals surface area contributed by atoms with Crippen LogP contribution in [0.4, 0.5) is 0 Å². The van der Waals surface area contributed by atoms with Crippen LogP contribution in [0.5, 0.6) is 0 Å². The summed E-state index contributed by atoms with van der Waals surface area (Å²) in [5.41, 5.74) is 5.26. The largest absolute Gasteiger partial charge is 0.373 e. The Morgan fingerprint density at radius 1 is 0.774 bits per heavy atom. The number of allylic oxidation sites excluding steroid dienone is 3. The summed E-state index contributed by atoms with van der Waals surface area (Å²) in [5, 5.41) is 0. The summed E-state index contributed by atoms with van der Waals surface area (Å²) in [4.78, 5) is 0. The lowest BCUT2D eigenvalue weighted by Crippen LogP contribution is -2.13. The van der Waals surface area contributed by atoms with Crippen molar-refractivity contribution in [1.82, 2.24) is 0 Å². The van der Waals surface area contributed by atoms with E-state index in [-0.39, 0.29) is 0 Å². The number of aryl methyl sites for hydroxylation is 1. The van der Waals surface area contributed by atoms with E-state index < -0.39 is 0 Å². The summed E-state index contributed by atoms with van der Waals surface area (Å²) in [5.74, 6) is 1.83. The van der Waals surface area contributed by atoms with Gasteiger partial charge >= 0.3 is 0 Å². The van der Waals surface area contributed by atoms with Crippen molar-refractivity contribution in [1.29, 1.82) is 0 Å². The molecule has 0 heterocycles. The molecule has 0 atom stereocenters. The third-order valence-electron chi connectivity index (χ3n) is 6.64. The average molecular weight is 417 g/mol. The molecular weight excluding hydrogens is 376 g/mol. The second kappa shape index (κ2) is 13.3. The van der Waals surface area contributed by atoms with E-state index in [1.165, 1.54) is 73.6 Å². The summed E-state index contributed by atoms with van der Waals surface area (Å²) in [7, 11) is 0. The van der Waals surface area contributed by atoms with Gasteiger partial charge in [-0.1, -0.05) is 85.7 Å². The Bertz CT molecular complexity index is 789. The Morgan fingerprint density at radius 3 is 2.03 bits per heavy atom. The van der Waals surface area contributed by atoms with E-state index in [4.69, 9.17) is 4.74 Å². The van der Waals surface area contributed by atoms with Gasteiger partial charge in [0.1, 0.15) is 0 Å². The lowest BCUT2D eigenvalue weighted by molar-refractivity contribution is 0.148. The van der Waals surface area contributed by atoms with E-state index in [1.807, 2.05) is 19.1 Å². The van der Waals surface area contributed by atoms with Gasteiger partial charge in [0.15, 0.2) is 0 Å². The van der Waals surface area contributed by atoms with Gasteiger partial charge in [-0.3, -0.25) is 0 Å². The number of hydrogen-bond acceptors (Lipinski definition) is 1. The van der Waals surface area contributed by atoms with E-state index in [9.17, 15) is 0 Å². The highest BCUT2D eigenvalue weighted by Crippen LogP contribution is 2.32. The lowest BCUT2D eigenvalue weighted by atomic mass is 9.79. The third kappa shape index (κ3) is 8.15. The second-order valence-corrected chi connectivity index (χ2v) is 9.03. The van der Waals surface area contributed by atoms with Gasteiger partial charge in [-0.15, -0.1) is 0 Å². The Balaban J connectivity index is 1.37. The fourth-order valence-electron chi connectivity index (χ4n) is 4.70. The van der Waals surface area contributed by atoms with Gasteiger partial charge in [-0.05, 0) is 86.5 Å². The molecule has 1 fully saturated rings. The van der Waals surface area contributed by atoms with Gasteiger partial charge in [0.2, 0.25) is 0 Å². The summed E-state index contributed by atoms with van der Waals surface area (Å²) in [6, 6.07) is 17.9. The van der Waals surface area contributed by atoms with E-state index >= 15 is 0 Å². The predicted molar refractivity (Wildman–Crippen MR) is 134 cm³/mol. The Morgan fingerprint density at radius 2 is 1.42 bits per heavy atom. The first-order valence-corrected chi connectivity index (χ1v) is 12.3. The van der Waals surface area contributed by atoms with E-state index in [0.29, 0.717) is 13.2 Å². The molecule has 2 aromatic rings. The van der Waals surface area contributed by atoms with Crippen LogP contribution in [0.3, 0.4) is 0 Å². The summed E-state index contributed by atoms with van der Waals surface area (Å²) >= 11 is 0. The molecule has 31 heavy (non-hydrogen) atoms. The summed E-state index contributed by atoms with van der Waals surface area (Å²) in [6.07, 6.45) is 19.7. The minimum atomic E-state index is 0.667. The second-order valence-electron chi connectivity index (χ2n) is 9.03. The molecule has 0 unspecified atom stereocenters. The van der Waals surface area contributed by atoms with E-state index in [2.05, 4.69) is 67.6 Å². The average Bonchev–Trinajstić information content (AvgIpc) is 2.82. The molecule has 0 aliphatic heterocycles. The molecule has 1 aliphatic rings. The fraction of sp³-hybridized carbons (Fsp3) is 0.467. The zero-order chi connectivity index (χ0) is 21.7. The smallest absolute Gasteiger partial charge is 0.0721 e. The molecule has 3 rings (SSSR count). The molecule has 1 heteroatoms. The van der Waals surface area contributed by atoms with Crippen molar-refractivity contribution in [2.75, 3.05) is 6.61 Å². The van der Waals surface area contributed by atoms with Crippen LogP contribution in [-0.4, -0.2) is 6.61 Å². The molecule has 1 aliphatic carbocycles. The van der Waals surface area contributed by atoms with Gasteiger partial charge in [0.25, 0.3) is 0 Å². The molecule has 0 spiro atoms. The standard InChI is InChI=1S/C30H40O/c1-3-5-23-31-24-28-17-21-30(22-18-28)29-19-15-27(16-20-29)10-7-6-9-26-13-11-25(8-4-2)12-14-26/h3-5,8,15-22,25-26H,6-7,9-14,23-24H2,1-2H3/b5-3+,8-4-. The number of rotatable bonds is 11. The SMILES string of the molecule is C/C=C\C1CCC(CCCCc2ccc(-c3ccc(COC/C=C/C)cc3)cc2)CC1. The minimum absolute atomic E-state index is 0.667. The van der Waals surface area contributed by atoms with Crippen molar-refractivity contribution in [2.45, 2.75) is 71.8 Å². The summed E-state index contributed by atoms with van der Waals surface area (Å²) in [6.45, 7) is 5.51. The quantitative estimate of drug-likeness (QED) is 0.263. The molecule has 0 saturated heterocycles. The number of benzene rings is 2. The maximum absolute atomic E-state index is 5.63. The van der Waals surface area contributed by atoms with Crippen LogP contribution in [-0.2, 0) is 17.8 Å². The van der Waals surface area contributed by atoms with Crippen LogP contribution in [0.1, 0.15) is 69.9 Å². The monoisotopic (exact) mass is 416 g/mol. The van der Waals surface area contributed by atoms with Gasteiger partial charge in [0, 0.05) is 0 Å². The Hall–Kier alpha value is -2.12. The molecule has 2 aromatic carbocycles. The number of unbranched alkanes of at least 4 members (excludes halogenated alkanes) is 1. The molecule has 0 radical (unpaired) electrons. The topological polar surface area (TPSA) is 9.23 Å². The van der Waals surface area contributed by atoms with Crippen LogP contribution < -0.4 is 0 Å². The Kier molecular flexibility index (Phi) is 10.1. The highest BCUT2D eigenvalue weighted by atomic mass is 16.5. The number of hydrogen-bond donors (Lipinski definition) is 0. The van der Waals surface area contributed by atoms with Crippen molar-refractivity contribution in [3.8, 4) is 11.1 Å². The predicted octanol–water partition coefficient (Wildman–Crippen LogP) is 8.54. The maximum atomic E-state index is 5.63. The van der Waals surface area contributed by atoms with Crippen molar-refractivity contribution in [3.05, 3.63) is 84.0 Å². The van der Waals surface area contributed by atoms with Crippen LogP contribution in [0.2, 0.25) is 0 Å². The highest BCUT2D eigenvalue weighted by molar-refractivity contribution is 5.63. The van der Waals surface area contributed by atoms with Gasteiger partial charge < -0.3 is 4.74 Å². The van der Waals surface area contributed by atoms with E-state index in [0.717, 1.165) is 11.8 Å². The zero-order valence-corrected chi connectivity index (χ0v) is 19.6. The van der Waals surface area contributed by atoms with Gasteiger partial charge in [-0.25, -0.2) is 0 Å². The zero-order valence-electron chi connectivity index (χ0n) is 19.6. The third-order valence-corrected chi connectivity index (χ3v) is 6.64. The first-order valence-electron chi connectivity index (χ1n) is 12.3. The van der Waals surface area contributed by atoms with Crippen LogP contribution in [0, 0.1) is 11.8 Å². The molecule has 166 valence electrons. The van der Waals surface area contributed by atoms with Crippen LogP contribution in [0.15, 0.2) is 72.8 Å². The molecular formula is C30H40O. The normalized spacial score (nSPS) is 19.4. The molecule has 1 saturated carbocycles. The number of ether oxygens (including phenoxy) is 1. The molecule has 0 amide bonds. The van der Waals surface area contributed by atoms with Crippen molar-refractivity contribution >= 4 is 0 Å². The van der Waals surface area contributed by atoms with E-state index in [1.54, 1.807) is 0 Å². The van der Waals surface area contributed by atoms with Crippen molar-refractivity contribution in [3.63, 3.8) is 0 Å². The highest BCUT2D eigenvalue weighted by Gasteiger charge is 2.18. The first kappa shape index (κ1) is 23.5. The van der Waals surface area contributed by atoms with Crippen molar-refractivity contribution < 1.29 is 4.74 Å². The van der Waals surface area contributed by atoms with Crippen molar-refractivity contribution in [2.24, 2.45) is 11.8 Å². The fourth-order valence-corrected chi connectivity index (χ4v) is 4.70. The first-order chi connectivity index (χ1) is 15.3. The van der Waals surface area contributed by atoms with Gasteiger partial charge in [-0.2, -0.15) is 0 Å². The molecule has 1 nitrogen and oxygen atoms in total. The maximum Gasteiger partial charge on any atom is 0.0721 e. The van der Waals surface area contributed by atoms with Gasteiger partial charge in [0.05, 0.1) is 13.2 Å².